The van der Waals surface area contributed by atoms with Crippen LogP contribution in [0.2, 0.25) is 0 Å². The molecule has 0 fully saturated rings. The van der Waals surface area contributed by atoms with Gasteiger partial charge in [-0.05, 0) is 13.0 Å². The Bertz CT molecular complexity index is 532. The lowest BCUT2D eigenvalue weighted by atomic mass is 10.1. The monoisotopic (exact) mass is 206 g/mol. The van der Waals surface area contributed by atoms with Crippen molar-refractivity contribution in [2.45, 2.75) is 6.92 Å². The van der Waals surface area contributed by atoms with Gasteiger partial charge in [-0.2, -0.15) is 0 Å². The topological polar surface area (TPSA) is 83.8 Å². The Morgan fingerprint density at radius 1 is 1.53 bits per heavy atom. The molecule has 0 saturated heterocycles. The maximum Gasteiger partial charge on any atom is 0.274 e. The number of H-pyrrole nitrogens is 1. The molecule has 2 aromatic rings. The maximum absolute atomic E-state index is 10.7. The summed E-state index contributed by atoms with van der Waals surface area (Å²) in [6.07, 6.45) is 0. The first-order chi connectivity index (χ1) is 7.13. The molecule has 2 rings (SSSR count). The summed E-state index contributed by atoms with van der Waals surface area (Å²) in [5.74, 6) is 0.605. The number of anilines is 1. The molecule has 1 heterocycles. The third-order valence-corrected chi connectivity index (χ3v) is 2.31. The number of nitrogens with zero attached hydrogens (tertiary/aromatic N) is 2. The molecule has 0 spiro atoms. The van der Waals surface area contributed by atoms with Gasteiger partial charge in [-0.1, -0.05) is 0 Å². The van der Waals surface area contributed by atoms with Gasteiger partial charge in [0.05, 0.1) is 16.0 Å². The lowest BCUT2D eigenvalue weighted by Gasteiger charge is -1.96. The van der Waals surface area contributed by atoms with Crippen molar-refractivity contribution in [3.8, 4) is 0 Å². The summed E-state index contributed by atoms with van der Waals surface area (Å²) < 4.78 is 0. The van der Waals surface area contributed by atoms with Crippen LogP contribution in [0.5, 0.6) is 0 Å². The van der Waals surface area contributed by atoms with Gasteiger partial charge in [-0.15, -0.1) is 0 Å². The average Bonchev–Trinajstić information content (AvgIpc) is 2.61. The number of rotatable bonds is 2. The van der Waals surface area contributed by atoms with Gasteiger partial charge >= 0.3 is 0 Å². The fourth-order valence-electron chi connectivity index (χ4n) is 1.52. The molecule has 1 aromatic carbocycles. The zero-order valence-electron chi connectivity index (χ0n) is 8.37. The van der Waals surface area contributed by atoms with E-state index < -0.39 is 4.92 Å². The van der Waals surface area contributed by atoms with Crippen molar-refractivity contribution < 1.29 is 4.92 Å². The largest absolute Gasteiger partial charge is 0.359 e. The minimum Gasteiger partial charge on any atom is -0.359 e. The fourth-order valence-corrected chi connectivity index (χ4v) is 1.52. The van der Waals surface area contributed by atoms with Crippen LogP contribution < -0.4 is 5.32 Å². The zero-order valence-corrected chi connectivity index (χ0v) is 8.37. The first-order valence-corrected chi connectivity index (χ1v) is 4.45. The van der Waals surface area contributed by atoms with E-state index in [9.17, 15) is 10.1 Å². The Hall–Kier alpha value is -2.11. The second-order valence-corrected chi connectivity index (χ2v) is 3.20. The van der Waals surface area contributed by atoms with Crippen LogP contribution in [0.15, 0.2) is 12.1 Å². The summed E-state index contributed by atoms with van der Waals surface area (Å²) in [5.41, 5.74) is 2.10. The van der Waals surface area contributed by atoms with Gasteiger partial charge in [0.25, 0.3) is 5.69 Å². The highest BCUT2D eigenvalue weighted by molar-refractivity contribution is 5.84. The van der Waals surface area contributed by atoms with Crippen molar-refractivity contribution in [2.75, 3.05) is 12.4 Å². The van der Waals surface area contributed by atoms with Gasteiger partial charge in [0.2, 0.25) is 5.95 Å². The summed E-state index contributed by atoms with van der Waals surface area (Å²) in [6.45, 7) is 1.70. The summed E-state index contributed by atoms with van der Waals surface area (Å²) in [5, 5.41) is 13.5. The molecule has 15 heavy (non-hydrogen) atoms. The number of benzene rings is 1. The number of aryl methyl sites for hydroxylation is 1. The van der Waals surface area contributed by atoms with Crippen LogP contribution >= 0.6 is 0 Å². The predicted octanol–water partition coefficient (Wildman–Crippen LogP) is 1.82. The molecule has 0 unspecified atom stereocenters. The molecule has 0 saturated carbocycles. The Labute approximate surface area is 85.5 Å². The van der Waals surface area contributed by atoms with E-state index >= 15 is 0 Å². The standard InChI is InChI=1S/C9H10N4O2/c1-5-7(13(14)15)4-3-6-8(5)12-9(10-2)11-6/h3-4H,1-2H3,(H2,10,11,12). The van der Waals surface area contributed by atoms with Gasteiger partial charge in [0, 0.05) is 13.1 Å². The number of nitro groups is 1. The van der Waals surface area contributed by atoms with Crippen molar-refractivity contribution in [1.82, 2.24) is 9.97 Å². The molecule has 78 valence electrons. The normalized spacial score (nSPS) is 10.5. The predicted molar refractivity (Wildman–Crippen MR) is 57.0 cm³/mol. The van der Waals surface area contributed by atoms with Crippen LogP contribution in [0.4, 0.5) is 11.6 Å². The number of nitrogens with one attached hydrogen (secondary N) is 2. The molecule has 0 radical (unpaired) electrons. The van der Waals surface area contributed by atoms with Crippen molar-refractivity contribution in [3.05, 3.63) is 27.8 Å². The van der Waals surface area contributed by atoms with E-state index in [1.165, 1.54) is 6.07 Å². The number of nitro benzene ring substituents is 1. The highest BCUT2D eigenvalue weighted by Crippen LogP contribution is 2.26. The number of hydrogen-bond acceptors (Lipinski definition) is 4. The Balaban J connectivity index is 2.72. The molecule has 6 heteroatoms. The molecule has 6 nitrogen and oxygen atoms in total. The highest BCUT2D eigenvalue weighted by Gasteiger charge is 2.15. The van der Waals surface area contributed by atoms with E-state index in [0.29, 0.717) is 17.0 Å². The van der Waals surface area contributed by atoms with Crippen LogP contribution in [-0.2, 0) is 0 Å². The molecule has 0 aliphatic heterocycles. The summed E-state index contributed by atoms with van der Waals surface area (Å²) >= 11 is 0. The van der Waals surface area contributed by atoms with Crippen LogP contribution in [0.25, 0.3) is 11.0 Å². The second kappa shape index (κ2) is 3.23. The molecule has 0 amide bonds. The van der Waals surface area contributed by atoms with Crippen molar-refractivity contribution in [2.24, 2.45) is 0 Å². The lowest BCUT2D eigenvalue weighted by Crippen LogP contribution is -1.92. The zero-order chi connectivity index (χ0) is 11.0. The molecule has 2 N–H and O–H groups in total. The van der Waals surface area contributed by atoms with Crippen molar-refractivity contribution in [1.29, 1.82) is 0 Å². The van der Waals surface area contributed by atoms with Gasteiger partial charge < -0.3 is 10.3 Å². The Morgan fingerprint density at radius 3 is 2.87 bits per heavy atom. The van der Waals surface area contributed by atoms with Gasteiger partial charge in [0.15, 0.2) is 0 Å². The third-order valence-electron chi connectivity index (χ3n) is 2.31. The van der Waals surface area contributed by atoms with Crippen LogP contribution in [-0.4, -0.2) is 21.9 Å². The van der Waals surface area contributed by atoms with Gasteiger partial charge in [-0.25, -0.2) is 4.98 Å². The Morgan fingerprint density at radius 2 is 2.27 bits per heavy atom. The number of aromatic amines is 1. The number of imidazole rings is 1. The molecular weight excluding hydrogens is 196 g/mol. The van der Waals surface area contributed by atoms with E-state index in [1.54, 1.807) is 20.0 Å². The number of hydrogen-bond donors (Lipinski definition) is 2. The first-order valence-electron chi connectivity index (χ1n) is 4.45. The molecule has 0 aliphatic rings. The fraction of sp³-hybridized carbons (Fsp3) is 0.222. The van der Waals surface area contributed by atoms with E-state index in [0.717, 1.165) is 5.52 Å². The van der Waals surface area contributed by atoms with E-state index in [-0.39, 0.29) is 5.69 Å². The number of fused-ring (bicyclic) bond motifs is 1. The lowest BCUT2D eigenvalue weighted by molar-refractivity contribution is -0.385. The molecule has 1 aromatic heterocycles. The summed E-state index contributed by atoms with van der Waals surface area (Å²) in [4.78, 5) is 17.5. The average molecular weight is 206 g/mol. The third kappa shape index (κ3) is 1.39. The van der Waals surface area contributed by atoms with Crippen LogP contribution in [0.3, 0.4) is 0 Å². The molecule has 0 atom stereocenters. The van der Waals surface area contributed by atoms with Crippen LogP contribution in [0.1, 0.15) is 5.56 Å². The molecule has 0 aliphatic carbocycles. The molecular formula is C9H10N4O2. The summed E-state index contributed by atoms with van der Waals surface area (Å²) in [6, 6.07) is 3.14. The second-order valence-electron chi connectivity index (χ2n) is 3.20. The first kappa shape index (κ1) is 9.45. The van der Waals surface area contributed by atoms with E-state index in [4.69, 9.17) is 0 Å². The van der Waals surface area contributed by atoms with E-state index in [2.05, 4.69) is 15.3 Å². The minimum absolute atomic E-state index is 0.0941. The maximum atomic E-state index is 10.7. The smallest absolute Gasteiger partial charge is 0.274 e. The molecule has 0 bridgehead atoms. The quantitative estimate of drug-likeness (QED) is 0.579. The number of aromatic nitrogens is 2. The summed E-state index contributed by atoms with van der Waals surface area (Å²) in [7, 11) is 1.74. The van der Waals surface area contributed by atoms with Crippen molar-refractivity contribution in [3.63, 3.8) is 0 Å². The van der Waals surface area contributed by atoms with Gasteiger partial charge in [0.1, 0.15) is 5.52 Å². The SMILES string of the molecule is CNc1nc2c(C)c([N+](=O)[O-])ccc2[nH]1. The van der Waals surface area contributed by atoms with Crippen molar-refractivity contribution >= 4 is 22.7 Å². The minimum atomic E-state index is -0.400. The Kier molecular flexibility index (Phi) is 2.03. The van der Waals surface area contributed by atoms with Crippen LogP contribution in [0, 0.1) is 17.0 Å². The highest BCUT2D eigenvalue weighted by atomic mass is 16.6. The van der Waals surface area contributed by atoms with E-state index in [1.807, 2.05) is 0 Å². The van der Waals surface area contributed by atoms with Gasteiger partial charge in [-0.3, -0.25) is 10.1 Å².